The highest BCUT2D eigenvalue weighted by Gasteiger charge is 2.44. The summed E-state index contributed by atoms with van der Waals surface area (Å²) in [5, 5.41) is 11.4. The normalized spacial score (nSPS) is 23.1. The van der Waals surface area contributed by atoms with Gasteiger partial charge in [0.1, 0.15) is 11.4 Å². The number of rotatable bonds is 4. The number of nitrogens with zero attached hydrogens (tertiary/aromatic N) is 3. The maximum atomic E-state index is 11.6. The van der Waals surface area contributed by atoms with Crippen LogP contribution < -0.4 is 4.90 Å². The van der Waals surface area contributed by atoms with Gasteiger partial charge in [0.05, 0.1) is 18.7 Å². The van der Waals surface area contributed by atoms with Crippen molar-refractivity contribution in [3.63, 3.8) is 0 Å². The van der Waals surface area contributed by atoms with Gasteiger partial charge in [-0.2, -0.15) is 0 Å². The molecule has 1 aliphatic heterocycles. The summed E-state index contributed by atoms with van der Waals surface area (Å²) in [5.41, 5.74) is 0.457. The third kappa shape index (κ3) is 3.43. The molecule has 1 aliphatic rings. The second-order valence-electron chi connectivity index (χ2n) is 6.86. The van der Waals surface area contributed by atoms with Gasteiger partial charge < -0.3 is 19.6 Å². The van der Waals surface area contributed by atoms with Gasteiger partial charge in [-0.25, -0.2) is 9.78 Å². The smallest absolute Gasteiger partial charge is 0.339 e. The quantitative estimate of drug-likeness (QED) is 0.845. The number of methoxy groups -OCH3 is 1. The average Bonchev–Trinajstić information content (AvgIpc) is 2.68. The van der Waals surface area contributed by atoms with Crippen molar-refractivity contribution in [1.29, 1.82) is 0 Å². The van der Waals surface area contributed by atoms with E-state index in [2.05, 4.69) is 14.8 Å². The molecule has 0 spiro atoms. The van der Waals surface area contributed by atoms with Crippen LogP contribution in [0, 0.1) is 0 Å². The highest BCUT2D eigenvalue weighted by atomic mass is 16.5. The minimum Gasteiger partial charge on any atom is -0.465 e. The highest BCUT2D eigenvalue weighted by molar-refractivity contribution is 5.89. The predicted molar refractivity (Wildman–Crippen MR) is 100 cm³/mol. The van der Waals surface area contributed by atoms with Gasteiger partial charge in [0.2, 0.25) is 0 Å². The summed E-state index contributed by atoms with van der Waals surface area (Å²) in [5.74, 6) is 0.395. The summed E-state index contributed by atoms with van der Waals surface area (Å²) in [4.78, 5) is 20.2. The van der Waals surface area contributed by atoms with Gasteiger partial charge in [-0.3, -0.25) is 0 Å². The van der Waals surface area contributed by atoms with E-state index in [9.17, 15) is 9.90 Å². The molecule has 6 nitrogen and oxygen atoms in total. The van der Waals surface area contributed by atoms with E-state index in [1.165, 1.54) is 13.3 Å². The molecule has 1 aromatic heterocycles. The van der Waals surface area contributed by atoms with E-state index < -0.39 is 11.6 Å². The summed E-state index contributed by atoms with van der Waals surface area (Å²) in [6.45, 7) is 1.32. The largest absolute Gasteiger partial charge is 0.465 e. The van der Waals surface area contributed by atoms with Crippen molar-refractivity contribution in [3.05, 3.63) is 59.8 Å². The van der Waals surface area contributed by atoms with Crippen LogP contribution in [0.2, 0.25) is 0 Å². The number of carbonyl (C=O) groups excluding carboxylic acids is 1. The fraction of sp³-hybridized carbons (Fsp3) is 0.400. The molecule has 0 unspecified atom stereocenters. The van der Waals surface area contributed by atoms with Crippen LogP contribution in [-0.2, 0) is 10.3 Å². The molecule has 0 bridgehead atoms. The van der Waals surface area contributed by atoms with Crippen molar-refractivity contribution >= 4 is 11.8 Å². The topological polar surface area (TPSA) is 65.9 Å². The summed E-state index contributed by atoms with van der Waals surface area (Å²) in [6, 6.07) is 13.3. The van der Waals surface area contributed by atoms with Crippen LogP contribution in [0.15, 0.2) is 48.7 Å². The van der Waals surface area contributed by atoms with Crippen LogP contribution in [0.3, 0.4) is 0 Å². The van der Waals surface area contributed by atoms with E-state index in [0.717, 1.165) is 11.4 Å². The molecule has 1 fully saturated rings. The first-order valence-electron chi connectivity index (χ1n) is 8.69. The molecule has 26 heavy (non-hydrogen) atoms. The summed E-state index contributed by atoms with van der Waals surface area (Å²) in [7, 11) is 5.32. The Kier molecular flexibility index (Phi) is 5.25. The Balaban J connectivity index is 1.83. The lowest BCUT2D eigenvalue weighted by Gasteiger charge is -2.48. The molecule has 0 radical (unpaired) electrons. The van der Waals surface area contributed by atoms with Crippen LogP contribution in [0.4, 0.5) is 5.82 Å². The second kappa shape index (κ2) is 7.43. The Morgan fingerprint density at radius 1 is 1.27 bits per heavy atom. The van der Waals surface area contributed by atoms with Crippen LogP contribution in [0.5, 0.6) is 0 Å². The molecular weight excluding hydrogens is 330 g/mol. The molecule has 2 heterocycles. The molecular formula is C20H25N3O3. The van der Waals surface area contributed by atoms with Gasteiger partial charge in [0, 0.05) is 19.3 Å². The minimum absolute atomic E-state index is 0.0827. The number of anilines is 1. The molecule has 138 valence electrons. The Bertz CT molecular complexity index is 749. The van der Waals surface area contributed by atoms with Gasteiger partial charge in [0.15, 0.2) is 0 Å². The molecule has 0 amide bonds. The van der Waals surface area contributed by atoms with Crippen LogP contribution in [0.25, 0.3) is 0 Å². The van der Waals surface area contributed by atoms with Crippen molar-refractivity contribution < 1.29 is 14.6 Å². The zero-order valence-corrected chi connectivity index (χ0v) is 15.4. The van der Waals surface area contributed by atoms with E-state index in [-0.39, 0.29) is 6.04 Å². The summed E-state index contributed by atoms with van der Waals surface area (Å²) >= 11 is 0. The number of carbonyl (C=O) groups is 1. The van der Waals surface area contributed by atoms with Crippen molar-refractivity contribution in [3.8, 4) is 0 Å². The van der Waals surface area contributed by atoms with Crippen molar-refractivity contribution in [2.24, 2.45) is 0 Å². The SMILES string of the molecule is COC(=O)c1ccc(N2CC[C@](O)(c3ccccc3)[C@H](N(C)C)C2)nc1. The van der Waals surface area contributed by atoms with Crippen LogP contribution in [0.1, 0.15) is 22.3 Å². The molecule has 2 aromatic rings. The Morgan fingerprint density at radius 2 is 2.00 bits per heavy atom. The molecule has 1 aromatic carbocycles. The lowest BCUT2D eigenvalue weighted by atomic mass is 9.80. The van der Waals surface area contributed by atoms with E-state index in [0.29, 0.717) is 25.1 Å². The Hall–Kier alpha value is -2.44. The van der Waals surface area contributed by atoms with Crippen molar-refractivity contribution in [1.82, 2.24) is 9.88 Å². The molecule has 2 atom stereocenters. The number of aromatic nitrogens is 1. The Morgan fingerprint density at radius 3 is 2.58 bits per heavy atom. The number of hydrogen-bond donors (Lipinski definition) is 1. The van der Waals surface area contributed by atoms with Gasteiger partial charge >= 0.3 is 5.97 Å². The predicted octanol–water partition coefficient (Wildman–Crippen LogP) is 1.90. The third-order valence-electron chi connectivity index (χ3n) is 5.10. The zero-order chi connectivity index (χ0) is 18.7. The highest BCUT2D eigenvalue weighted by Crippen LogP contribution is 2.36. The number of likely N-dealkylation sites (N-methyl/N-ethyl adjacent to an activating group) is 1. The van der Waals surface area contributed by atoms with E-state index in [4.69, 9.17) is 4.74 Å². The maximum absolute atomic E-state index is 11.6. The first-order chi connectivity index (χ1) is 12.5. The third-order valence-corrected chi connectivity index (χ3v) is 5.10. The average molecular weight is 355 g/mol. The number of aliphatic hydroxyl groups is 1. The second-order valence-corrected chi connectivity index (χ2v) is 6.86. The van der Waals surface area contributed by atoms with Crippen molar-refractivity contribution in [2.45, 2.75) is 18.1 Å². The summed E-state index contributed by atoms with van der Waals surface area (Å²) < 4.78 is 4.71. The standard InChI is InChI=1S/C20H25N3O3/c1-22(2)17-14-23(18-10-9-15(13-21-18)19(24)26-3)12-11-20(17,25)16-7-5-4-6-8-16/h4-10,13,17,25H,11-12,14H2,1-3H3/t17-,20+/m1/s1. The number of ether oxygens (including phenoxy) is 1. The van der Waals surface area contributed by atoms with Gasteiger partial charge in [-0.15, -0.1) is 0 Å². The molecule has 1 N–H and O–H groups in total. The number of pyridine rings is 1. The molecule has 0 aliphatic carbocycles. The lowest BCUT2D eigenvalue weighted by Crippen LogP contribution is -2.59. The van der Waals surface area contributed by atoms with E-state index in [1.807, 2.05) is 50.5 Å². The molecule has 0 saturated carbocycles. The maximum Gasteiger partial charge on any atom is 0.339 e. The molecule has 1 saturated heterocycles. The van der Waals surface area contributed by atoms with Crippen LogP contribution >= 0.6 is 0 Å². The zero-order valence-electron chi connectivity index (χ0n) is 15.4. The number of benzene rings is 1. The van der Waals surface area contributed by atoms with E-state index in [1.54, 1.807) is 6.07 Å². The van der Waals surface area contributed by atoms with Crippen LogP contribution in [-0.4, -0.2) is 61.3 Å². The van der Waals surface area contributed by atoms with Crippen molar-refractivity contribution in [2.75, 3.05) is 39.2 Å². The first kappa shape index (κ1) is 18.4. The van der Waals surface area contributed by atoms with Gasteiger partial charge in [0.25, 0.3) is 0 Å². The minimum atomic E-state index is -0.910. The first-order valence-corrected chi connectivity index (χ1v) is 8.69. The summed E-state index contributed by atoms with van der Waals surface area (Å²) in [6.07, 6.45) is 2.13. The van der Waals surface area contributed by atoms with Gasteiger partial charge in [-0.05, 0) is 38.2 Å². The van der Waals surface area contributed by atoms with E-state index >= 15 is 0 Å². The fourth-order valence-electron chi connectivity index (χ4n) is 3.60. The molecule has 3 rings (SSSR count). The Labute approximate surface area is 154 Å². The van der Waals surface area contributed by atoms with Gasteiger partial charge in [-0.1, -0.05) is 30.3 Å². The lowest BCUT2D eigenvalue weighted by molar-refractivity contribution is -0.0527. The molecule has 6 heteroatoms. The number of hydrogen-bond acceptors (Lipinski definition) is 6. The number of esters is 1. The fourth-order valence-corrected chi connectivity index (χ4v) is 3.60. The monoisotopic (exact) mass is 355 g/mol. The number of piperidine rings is 1.